The number of carbonyl (C=O) groups is 1. The number of carbonyl (C=O) groups excluding carboxylic acids is 1. The Labute approximate surface area is 153 Å². The van der Waals surface area contributed by atoms with Crippen LogP contribution in [0, 0.1) is 0 Å². The molecule has 0 aromatic heterocycles. The van der Waals surface area contributed by atoms with Crippen LogP contribution in [0.25, 0.3) is 0 Å². The molecule has 0 saturated carbocycles. The third kappa shape index (κ3) is 5.03. The smallest absolute Gasteiger partial charge is 0.238 e. The first-order valence-corrected chi connectivity index (χ1v) is 8.04. The topological polar surface area (TPSA) is 78.1 Å². The highest BCUT2D eigenvalue weighted by Gasteiger charge is 2.09. The first kappa shape index (κ1) is 19.4. The molecule has 0 aliphatic carbocycles. The lowest BCUT2D eigenvalue weighted by Crippen LogP contribution is -2.27. The minimum atomic E-state index is -0.183. The molecule has 1 amide bonds. The molecule has 7 nitrogen and oxygen atoms in total. The first-order valence-electron chi connectivity index (χ1n) is 8.04. The van der Waals surface area contributed by atoms with E-state index in [-0.39, 0.29) is 12.5 Å². The zero-order valence-corrected chi connectivity index (χ0v) is 15.4. The summed E-state index contributed by atoms with van der Waals surface area (Å²) in [5.41, 5.74) is 1.54. The molecule has 2 N–H and O–H groups in total. The highest BCUT2D eigenvalue weighted by Crippen LogP contribution is 2.29. The van der Waals surface area contributed by atoms with Crippen LogP contribution in [0.4, 0.5) is 5.69 Å². The van der Waals surface area contributed by atoms with Crippen molar-refractivity contribution in [3.8, 4) is 23.0 Å². The predicted molar refractivity (Wildman–Crippen MR) is 99.4 cm³/mol. The number of methoxy groups -OCH3 is 4. The summed E-state index contributed by atoms with van der Waals surface area (Å²) in [6, 6.07) is 10.8. The van der Waals surface area contributed by atoms with Crippen LogP contribution in [0.1, 0.15) is 5.56 Å². The number of ether oxygens (including phenoxy) is 4. The molecule has 0 radical (unpaired) electrons. The van der Waals surface area contributed by atoms with Gasteiger partial charge in [-0.25, -0.2) is 0 Å². The Kier molecular flexibility index (Phi) is 7.11. The molecule has 0 aliphatic heterocycles. The molecule has 2 aromatic carbocycles. The lowest BCUT2D eigenvalue weighted by atomic mass is 10.2. The average Bonchev–Trinajstić information content (AvgIpc) is 2.67. The quantitative estimate of drug-likeness (QED) is 0.715. The standard InChI is InChI=1S/C19H24N2O5/c1-23-14-6-8-16(24-2)15(10-14)21-19(22)12-20-11-13-5-7-17(25-3)18(9-13)26-4/h5-10,20H,11-12H2,1-4H3,(H,21,22). The number of nitrogens with one attached hydrogen (secondary N) is 2. The maximum absolute atomic E-state index is 12.2. The molecule has 0 bridgehead atoms. The Balaban J connectivity index is 1.91. The van der Waals surface area contributed by atoms with Crippen LogP contribution < -0.4 is 29.6 Å². The van der Waals surface area contributed by atoms with Gasteiger partial charge in [-0.2, -0.15) is 0 Å². The van der Waals surface area contributed by atoms with Gasteiger partial charge in [0.2, 0.25) is 5.91 Å². The highest BCUT2D eigenvalue weighted by atomic mass is 16.5. The number of hydrogen-bond acceptors (Lipinski definition) is 6. The molecule has 2 aromatic rings. The van der Waals surface area contributed by atoms with E-state index >= 15 is 0 Å². The zero-order chi connectivity index (χ0) is 18.9. The van der Waals surface area contributed by atoms with Crippen LogP contribution in [0.2, 0.25) is 0 Å². The van der Waals surface area contributed by atoms with Crippen LogP contribution in [0.5, 0.6) is 23.0 Å². The summed E-state index contributed by atoms with van der Waals surface area (Å²) in [7, 11) is 6.29. The van der Waals surface area contributed by atoms with Crippen LogP contribution in [-0.4, -0.2) is 40.9 Å². The molecule has 0 unspecified atom stereocenters. The minimum Gasteiger partial charge on any atom is -0.497 e. The maximum Gasteiger partial charge on any atom is 0.238 e. The van der Waals surface area contributed by atoms with E-state index in [2.05, 4.69) is 10.6 Å². The van der Waals surface area contributed by atoms with Crippen molar-refractivity contribution in [3.05, 3.63) is 42.0 Å². The van der Waals surface area contributed by atoms with Crippen molar-refractivity contribution in [1.29, 1.82) is 0 Å². The van der Waals surface area contributed by atoms with Crippen molar-refractivity contribution in [3.63, 3.8) is 0 Å². The average molecular weight is 360 g/mol. The summed E-state index contributed by atoms with van der Waals surface area (Å²) in [6.45, 7) is 0.664. The number of anilines is 1. The summed E-state index contributed by atoms with van der Waals surface area (Å²) >= 11 is 0. The van der Waals surface area contributed by atoms with Gasteiger partial charge in [-0.1, -0.05) is 6.07 Å². The van der Waals surface area contributed by atoms with E-state index in [0.29, 0.717) is 35.2 Å². The van der Waals surface area contributed by atoms with Crippen molar-refractivity contribution in [1.82, 2.24) is 5.32 Å². The summed E-state index contributed by atoms with van der Waals surface area (Å²) in [5, 5.41) is 5.91. The Morgan fingerprint density at radius 2 is 1.54 bits per heavy atom. The molecule has 140 valence electrons. The fraction of sp³-hybridized carbons (Fsp3) is 0.316. The normalized spacial score (nSPS) is 10.2. The van der Waals surface area contributed by atoms with E-state index in [0.717, 1.165) is 5.56 Å². The highest BCUT2D eigenvalue weighted by molar-refractivity contribution is 5.94. The van der Waals surface area contributed by atoms with Crippen LogP contribution in [-0.2, 0) is 11.3 Å². The zero-order valence-electron chi connectivity index (χ0n) is 15.4. The molecule has 0 fully saturated rings. The number of amides is 1. The monoisotopic (exact) mass is 360 g/mol. The predicted octanol–water partition coefficient (Wildman–Crippen LogP) is 2.45. The van der Waals surface area contributed by atoms with Gasteiger partial charge in [0, 0.05) is 12.6 Å². The van der Waals surface area contributed by atoms with Gasteiger partial charge in [-0.3, -0.25) is 4.79 Å². The first-order chi connectivity index (χ1) is 12.6. The fourth-order valence-corrected chi connectivity index (χ4v) is 2.42. The van der Waals surface area contributed by atoms with Crippen LogP contribution >= 0.6 is 0 Å². The third-order valence-electron chi connectivity index (χ3n) is 3.74. The van der Waals surface area contributed by atoms with E-state index in [1.807, 2.05) is 18.2 Å². The van der Waals surface area contributed by atoms with Gasteiger partial charge in [0.15, 0.2) is 11.5 Å². The molecule has 26 heavy (non-hydrogen) atoms. The number of rotatable bonds is 9. The van der Waals surface area contributed by atoms with Gasteiger partial charge >= 0.3 is 0 Å². The summed E-state index contributed by atoms with van der Waals surface area (Å²) in [4.78, 5) is 12.2. The lowest BCUT2D eigenvalue weighted by molar-refractivity contribution is -0.115. The van der Waals surface area contributed by atoms with Crippen molar-refractivity contribution in [2.45, 2.75) is 6.54 Å². The maximum atomic E-state index is 12.2. The van der Waals surface area contributed by atoms with Crippen LogP contribution in [0.15, 0.2) is 36.4 Å². The van der Waals surface area contributed by atoms with Gasteiger partial charge in [0.25, 0.3) is 0 Å². The molecule has 2 rings (SSSR count). The van der Waals surface area contributed by atoms with Gasteiger partial charge in [0.1, 0.15) is 11.5 Å². The van der Waals surface area contributed by atoms with Gasteiger partial charge in [0.05, 0.1) is 40.7 Å². The van der Waals surface area contributed by atoms with Crippen molar-refractivity contribution >= 4 is 11.6 Å². The van der Waals surface area contributed by atoms with Crippen molar-refractivity contribution in [2.24, 2.45) is 0 Å². The molecular formula is C19H24N2O5. The van der Waals surface area contributed by atoms with Crippen LogP contribution in [0.3, 0.4) is 0 Å². The van der Waals surface area contributed by atoms with E-state index in [1.54, 1.807) is 46.6 Å². The van der Waals surface area contributed by atoms with Gasteiger partial charge in [-0.05, 0) is 29.8 Å². The minimum absolute atomic E-state index is 0.148. The Morgan fingerprint density at radius 1 is 0.846 bits per heavy atom. The molecule has 0 aliphatic rings. The SMILES string of the molecule is COc1ccc(OC)c(NC(=O)CNCc2ccc(OC)c(OC)c2)c1. The fourth-order valence-electron chi connectivity index (χ4n) is 2.42. The van der Waals surface area contributed by atoms with E-state index in [4.69, 9.17) is 18.9 Å². The van der Waals surface area contributed by atoms with Crippen molar-refractivity contribution in [2.75, 3.05) is 40.3 Å². The molecule has 0 atom stereocenters. The van der Waals surface area contributed by atoms with E-state index in [9.17, 15) is 4.79 Å². The number of hydrogen-bond donors (Lipinski definition) is 2. The summed E-state index contributed by atoms with van der Waals surface area (Å²) in [5.74, 6) is 2.34. The van der Waals surface area contributed by atoms with E-state index < -0.39 is 0 Å². The summed E-state index contributed by atoms with van der Waals surface area (Å²) < 4.78 is 20.9. The lowest BCUT2D eigenvalue weighted by Gasteiger charge is -2.13. The Morgan fingerprint density at radius 3 is 2.19 bits per heavy atom. The number of benzene rings is 2. The molecule has 0 heterocycles. The Bertz CT molecular complexity index is 749. The van der Waals surface area contributed by atoms with Gasteiger partial charge < -0.3 is 29.6 Å². The molecule has 7 heteroatoms. The third-order valence-corrected chi connectivity index (χ3v) is 3.74. The second kappa shape index (κ2) is 9.53. The largest absolute Gasteiger partial charge is 0.497 e. The second-order valence-corrected chi connectivity index (χ2v) is 5.41. The van der Waals surface area contributed by atoms with Crippen molar-refractivity contribution < 1.29 is 23.7 Å². The summed E-state index contributed by atoms with van der Waals surface area (Å²) in [6.07, 6.45) is 0. The van der Waals surface area contributed by atoms with Gasteiger partial charge in [-0.15, -0.1) is 0 Å². The molecule has 0 spiro atoms. The second-order valence-electron chi connectivity index (χ2n) is 5.41. The Hall–Kier alpha value is -2.93. The van der Waals surface area contributed by atoms with E-state index in [1.165, 1.54) is 0 Å². The molecule has 0 saturated heterocycles. The molecular weight excluding hydrogens is 336 g/mol.